The second kappa shape index (κ2) is 6.21. The molecule has 0 radical (unpaired) electrons. The Morgan fingerprint density at radius 1 is 1.50 bits per heavy atom. The van der Waals surface area contributed by atoms with Crippen molar-refractivity contribution in [1.29, 1.82) is 5.26 Å². The number of benzene rings is 1. The van der Waals surface area contributed by atoms with Crippen molar-refractivity contribution in [2.45, 2.75) is 31.7 Å². The van der Waals surface area contributed by atoms with E-state index in [1.54, 1.807) is 0 Å². The molecule has 18 heavy (non-hydrogen) atoms. The summed E-state index contributed by atoms with van der Waals surface area (Å²) in [6.07, 6.45) is 4.29. The molecule has 1 heterocycles. The monoisotopic (exact) mass is 308 g/mol. The first-order valence-electron chi connectivity index (χ1n) is 6.33. The number of anilines is 1. The Kier molecular flexibility index (Phi) is 4.62. The maximum absolute atomic E-state index is 8.93. The molecular formula is C14H17BrN2O. The highest BCUT2D eigenvalue weighted by atomic mass is 79.9. The van der Waals surface area contributed by atoms with E-state index in [4.69, 9.17) is 10.4 Å². The molecule has 0 aromatic heterocycles. The predicted molar refractivity (Wildman–Crippen MR) is 75.5 cm³/mol. The molecule has 0 saturated carbocycles. The van der Waals surface area contributed by atoms with Crippen LogP contribution in [-0.4, -0.2) is 24.3 Å². The Morgan fingerprint density at radius 3 is 3.00 bits per heavy atom. The molecule has 1 saturated heterocycles. The lowest BCUT2D eigenvalue weighted by Crippen LogP contribution is -2.29. The molecule has 0 spiro atoms. The van der Waals surface area contributed by atoms with E-state index in [9.17, 15) is 0 Å². The van der Waals surface area contributed by atoms with E-state index in [0.717, 1.165) is 23.9 Å². The highest BCUT2D eigenvalue weighted by Gasteiger charge is 2.24. The molecule has 0 aliphatic carbocycles. The van der Waals surface area contributed by atoms with Crippen molar-refractivity contribution < 1.29 is 5.11 Å². The van der Waals surface area contributed by atoms with Gasteiger partial charge in [-0.2, -0.15) is 5.26 Å². The number of hydrogen-bond acceptors (Lipinski definition) is 3. The smallest absolute Gasteiger partial charge is 0.100 e. The zero-order valence-corrected chi connectivity index (χ0v) is 11.9. The van der Waals surface area contributed by atoms with Gasteiger partial charge in [-0.15, -0.1) is 0 Å². The highest BCUT2D eigenvalue weighted by Crippen LogP contribution is 2.31. The van der Waals surface area contributed by atoms with Gasteiger partial charge < -0.3 is 10.0 Å². The summed E-state index contributed by atoms with van der Waals surface area (Å²) in [6, 6.07) is 8.59. The summed E-state index contributed by atoms with van der Waals surface area (Å²) in [5, 5.41) is 17.9. The average Bonchev–Trinajstić information content (AvgIpc) is 2.84. The first kappa shape index (κ1) is 13.4. The first-order valence-corrected chi connectivity index (χ1v) is 7.12. The zero-order chi connectivity index (χ0) is 13.0. The molecule has 1 N–H and O–H groups in total. The fraction of sp³-hybridized carbons (Fsp3) is 0.500. The van der Waals surface area contributed by atoms with Crippen LogP contribution in [0.5, 0.6) is 0 Å². The Bertz CT molecular complexity index is 456. The molecule has 4 heteroatoms. The standard InChI is InChI=1S/C14H17BrN2O/c15-14-9-13(6-5-11(14)10-16)17-7-1-3-12(17)4-2-8-18/h5-6,9,12,18H,1-4,7-8H2. The highest BCUT2D eigenvalue weighted by molar-refractivity contribution is 9.10. The second-order valence-corrected chi connectivity index (χ2v) is 5.49. The van der Waals surface area contributed by atoms with E-state index in [1.165, 1.54) is 18.5 Å². The van der Waals surface area contributed by atoms with E-state index in [2.05, 4.69) is 26.9 Å². The third-order valence-electron chi connectivity index (χ3n) is 3.48. The summed E-state index contributed by atoms with van der Waals surface area (Å²) in [6.45, 7) is 1.33. The van der Waals surface area contributed by atoms with Crippen LogP contribution >= 0.6 is 15.9 Å². The van der Waals surface area contributed by atoms with Crippen molar-refractivity contribution in [3.8, 4) is 6.07 Å². The number of nitrogens with zero attached hydrogens (tertiary/aromatic N) is 2. The summed E-state index contributed by atoms with van der Waals surface area (Å²) in [5.41, 5.74) is 1.84. The lowest BCUT2D eigenvalue weighted by atomic mass is 10.1. The molecule has 1 fully saturated rings. The van der Waals surface area contributed by atoms with Crippen LogP contribution in [0.2, 0.25) is 0 Å². The van der Waals surface area contributed by atoms with Crippen LogP contribution in [0.1, 0.15) is 31.2 Å². The molecule has 0 bridgehead atoms. The van der Waals surface area contributed by atoms with Crippen molar-refractivity contribution in [3.63, 3.8) is 0 Å². The molecule has 96 valence electrons. The van der Waals surface area contributed by atoms with Gasteiger partial charge in [0.1, 0.15) is 6.07 Å². The minimum Gasteiger partial charge on any atom is -0.396 e. The molecule has 2 rings (SSSR count). The molecular weight excluding hydrogens is 292 g/mol. The average molecular weight is 309 g/mol. The van der Waals surface area contributed by atoms with Gasteiger partial charge in [0.05, 0.1) is 5.56 Å². The van der Waals surface area contributed by atoms with Crippen LogP contribution in [0.15, 0.2) is 22.7 Å². The topological polar surface area (TPSA) is 47.3 Å². The summed E-state index contributed by atoms with van der Waals surface area (Å²) < 4.78 is 0.857. The largest absolute Gasteiger partial charge is 0.396 e. The molecule has 1 aliphatic heterocycles. The van der Waals surface area contributed by atoms with Crippen LogP contribution in [0.3, 0.4) is 0 Å². The van der Waals surface area contributed by atoms with Crippen LogP contribution in [0, 0.1) is 11.3 Å². The minimum atomic E-state index is 0.265. The Balaban J connectivity index is 2.15. The van der Waals surface area contributed by atoms with Crippen LogP contribution in [0.4, 0.5) is 5.69 Å². The third kappa shape index (κ3) is 2.85. The van der Waals surface area contributed by atoms with E-state index >= 15 is 0 Å². The maximum Gasteiger partial charge on any atom is 0.100 e. The van der Waals surface area contributed by atoms with Crippen molar-refractivity contribution >= 4 is 21.6 Å². The van der Waals surface area contributed by atoms with E-state index in [-0.39, 0.29) is 6.61 Å². The molecule has 1 aromatic carbocycles. The van der Waals surface area contributed by atoms with Gasteiger partial charge in [-0.3, -0.25) is 0 Å². The van der Waals surface area contributed by atoms with Crippen LogP contribution in [0.25, 0.3) is 0 Å². The second-order valence-electron chi connectivity index (χ2n) is 4.63. The normalized spacial score (nSPS) is 18.9. The first-order chi connectivity index (χ1) is 8.76. The van der Waals surface area contributed by atoms with Gasteiger partial charge >= 0.3 is 0 Å². The van der Waals surface area contributed by atoms with Gasteiger partial charge in [0, 0.05) is 29.4 Å². The Morgan fingerprint density at radius 2 is 2.33 bits per heavy atom. The maximum atomic E-state index is 8.93. The number of aliphatic hydroxyl groups excluding tert-OH is 1. The van der Waals surface area contributed by atoms with Crippen molar-refractivity contribution in [3.05, 3.63) is 28.2 Å². The number of halogens is 1. The minimum absolute atomic E-state index is 0.265. The third-order valence-corrected chi connectivity index (χ3v) is 4.13. The summed E-state index contributed by atoms with van der Waals surface area (Å²) in [4.78, 5) is 2.39. The molecule has 0 amide bonds. The van der Waals surface area contributed by atoms with Crippen molar-refractivity contribution in [2.75, 3.05) is 18.1 Å². The molecule has 1 unspecified atom stereocenters. The molecule has 1 atom stereocenters. The fourth-order valence-electron chi connectivity index (χ4n) is 2.58. The number of hydrogen-bond donors (Lipinski definition) is 1. The quantitative estimate of drug-likeness (QED) is 0.930. The van der Waals surface area contributed by atoms with Gasteiger partial charge in [0.25, 0.3) is 0 Å². The van der Waals surface area contributed by atoms with Gasteiger partial charge in [-0.1, -0.05) is 0 Å². The summed E-state index contributed by atoms with van der Waals surface area (Å²) >= 11 is 3.44. The summed E-state index contributed by atoms with van der Waals surface area (Å²) in [7, 11) is 0. The summed E-state index contributed by atoms with van der Waals surface area (Å²) in [5.74, 6) is 0. The van der Waals surface area contributed by atoms with Gasteiger partial charge in [0.15, 0.2) is 0 Å². The molecule has 3 nitrogen and oxygen atoms in total. The SMILES string of the molecule is N#Cc1ccc(N2CCCC2CCCO)cc1Br. The zero-order valence-electron chi connectivity index (χ0n) is 10.3. The van der Waals surface area contributed by atoms with E-state index in [1.807, 2.05) is 18.2 Å². The van der Waals surface area contributed by atoms with E-state index in [0.29, 0.717) is 11.6 Å². The molecule has 1 aliphatic rings. The molecule has 1 aromatic rings. The van der Waals surface area contributed by atoms with Crippen LogP contribution in [-0.2, 0) is 0 Å². The number of rotatable bonds is 4. The predicted octanol–water partition coefficient (Wildman–Crippen LogP) is 3.06. The van der Waals surface area contributed by atoms with Crippen molar-refractivity contribution in [2.24, 2.45) is 0 Å². The number of nitriles is 1. The van der Waals surface area contributed by atoms with E-state index < -0.39 is 0 Å². The fourth-order valence-corrected chi connectivity index (χ4v) is 3.03. The van der Waals surface area contributed by atoms with Crippen LogP contribution < -0.4 is 4.90 Å². The van der Waals surface area contributed by atoms with Gasteiger partial charge in [-0.25, -0.2) is 0 Å². The lowest BCUT2D eigenvalue weighted by molar-refractivity contribution is 0.279. The Hall–Kier alpha value is -1.05. The van der Waals surface area contributed by atoms with Crippen molar-refractivity contribution in [1.82, 2.24) is 0 Å². The van der Waals surface area contributed by atoms with Gasteiger partial charge in [-0.05, 0) is 59.8 Å². The lowest BCUT2D eigenvalue weighted by Gasteiger charge is -2.27. The Labute approximate surface area is 116 Å². The van der Waals surface area contributed by atoms with Gasteiger partial charge in [0.2, 0.25) is 0 Å². The number of aliphatic hydroxyl groups is 1.